The van der Waals surface area contributed by atoms with Gasteiger partial charge in [-0.25, -0.2) is 0 Å². The lowest BCUT2D eigenvalue weighted by Crippen LogP contribution is -1.88. The Kier molecular flexibility index (Phi) is 4.14. The fraction of sp³-hybridized carbons (Fsp3) is 0.273. The maximum atomic E-state index is 12.6. The van der Waals surface area contributed by atoms with Crippen LogP contribution in [0.3, 0.4) is 0 Å². The van der Waals surface area contributed by atoms with E-state index in [4.69, 9.17) is 4.74 Å². The van der Waals surface area contributed by atoms with Gasteiger partial charge in [0.05, 0.1) is 7.11 Å². The maximum Gasteiger partial charge on any atom is 0.166 e. The molecule has 0 unspecified atom stereocenters. The molecule has 0 heterocycles. The monoisotopic (exact) mass is 258 g/mol. The summed E-state index contributed by atoms with van der Waals surface area (Å²) in [7, 11) is 1.60. The number of methoxy groups -OCH3 is 1. The van der Waals surface area contributed by atoms with E-state index in [0.29, 0.717) is 0 Å². The highest BCUT2D eigenvalue weighted by Crippen LogP contribution is 2.21. The highest BCUT2D eigenvalue weighted by atomic mass is 79.9. The molecule has 0 bridgehead atoms. The standard InChI is InChI=1S/C11H12BrFO/c1-3-8-4-9(7-11(12)13)6-10(5-8)14-2/h4-7H,3H2,1-2H3/b11-7-. The van der Waals surface area contributed by atoms with E-state index < -0.39 is 0 Å². The molecule has 0 fully saturated rings. The Morgan fingerprint density at radius 2 is 2.21 bits per heavy atom. The fourth-order valence-electron chi connectivity index (χ4n) is 1.22. The van der Waals surface area contributed by atoms with Crippen LogP contribution in [0.15, 0.2) is 22.9 Å². The van der Waals surface area contributed by atoms with Crippen molar-refractivity contribution in [3.63, 3.8) is 0 Å². The molecule has 0 saturated heterocycles. The van der Waals surface area contributed by atoms with Crippen LogP contribution < -0.4 is 4.74 Å². The summed E-state index contributed by atoms with van der Waals surface area (Å²) >= 11 is 2.76. The van der Waals surface area contributed by atoms with Gasteiger partial charge in [-0.2, -0.15) is 4.39 Å². The molecule has 76 valence electrons. The van der Waals surface area contributed by atoms with Crippen molar-refractivity contribution in [1.82, 2.24) is 0 Å². The molecule has 1 rings (SSSR count). The van der Waals surface area contributed by atoms with Gasteiger partial charge >= 0.3 is 0 Å². The Morgan fingerprint density at radius 3 is 2.71 bits per heavy atom. The first-order valence-corrected chi connectivity index (χ1v) is 5.15. The molecule has 0 aliphatic heterocycles. The Labute approximate surface area is 91.7 Å². The smallest absolute Gasteiger partial charge is 0.166 e. The highest BCUT2D eigenvalue weighted by molar-refractivity contribution is 9.11. The summed E-state index contributed by atoms with van der Waals surface area (Å²) in [4.78, 5) is 0. The molecule has 1 aromatic rings. The van der Waals surface area contributed by atoms with Crippen LogP contribution in [0.5, 0.6) is 5.75 Å². The van der Waals surface area contributed by atoms with Crippen molar-refractivity contribution in [1.29, 1.82) is 0 Å². The van der Waals surface area contributed by atoms with Crippen LogP contribution in [0.1, 0.15) is 18.1 Å². The summed E-state index contributed by atoms with van der Waals surface area (Å²) in [6.07, 6.45) is 2.32. The zero-order chi connectivity index (χ0) is 10.6. The lowest BCUT2D eigenvalue weighted by Gasteiger charge is -2.04. The minimum atomic E-state index is -0.382. The minimum Gasteiger partial charge on any atom is -0.497 e. The van der Waals surface area contributed by atoms with E-state index in [9.17, 15) is 4.39 Å². The number of hydrogen-bond acceptors (Lipinski definition) is 1. The maximum absolute atomic E-state index is 12.6. The summed E-state index contributed by atoms with van der Waals surface area (Å²) < 4.78 is 17.3. The van der Waals surface area contributed by atoms with Crippen molar-refractivity contribution >= 4 is 22.0 Å². The second-order valence-electron chi connectivity index (χ2n) is 2.90. The predicted molar refractivity (Wildman–Crippen MR) is 60.4 cm³/mol. The van der Waals surface area contributed by atoms with Gasteiger partial charge in [-0.05, 0) is 51.7 Å². The molecule has 0 saturated carbocycles. The van der Waals surface area contributed by atoms with E-state index >= 15 is 0 Å². The van der Waals surface area contributed by atoms with Crippen molar-refractivity contribution in [2.75, 3.05) is 7.11 Å². The molecule has 0 aliphatic carbocycles. The zero-order valence-electron chi connectivity index (χ0n) is 8.18. The van der Waals surface area contributed by atoms with Crippen molar-refractivity contribution in [3.8, 4) is 5.75 Å². The van der Waals surface area contributed by atoms with Gasteiger partial charge in [0.25, 0.3) is 0 Å². The summed E-state index contributed by atoms with van der Waals surface area (Å²) in [5.74, 6) is 0.754. The van der Waals surface area contributed by atoms with Gasteiger partial charge in [-0.1, -0.05) is 13.0 Å². The fourth-order valence-corrected chi connectivity index (χ4v) is 1.48. The summed E-state index contributed by atoms with van der Waals surface area (Å²) in [6, 6.07) is 5.67. The molecule has 1 aromatic carbocycles. The van der Waals surface area contributed by atoms with E-state index in [2.05, 4.69) is 15.9 Å². The van der Waals surface area contributed by atoms with Crippen molar-refractivity contribution in [3.05, 3.63) is 34.1 Å². The molecule has 0 aliphatic rings. The summed E-state index contributed by atoms with van der Waals surface area (Å²) in [6.45, 7) is 2.05. The van der Waals surface area contributed by atoms with Crippen molar-refractivity contribution in [2.45, 2.75) is 13.3 Å². The zero-order valence-corrected chi connectivity index (χ0v) is 9.77. The first-order chi connectivity index (χ1) is 6.65. The molecular formula is C11H12BrFO. The predicted octanol–water partition coefficient (Wildman–Crippen LogP) is 3.92. The van der Waals surface area contributed by atoms with Gasteiger partial charge in [-0.15, -0.1) is 0 Å². The Bertz CT molecular complexity index is 321. The molecule has 3 heteroatoms. The highest BCUT2D eigenvalue weighted by Gasteiger charge is 1.99. The van der Waals surface area contributed by atoms with Crippen LogP contribution >= 0.6 is 15.9 Å². The van der Waals surface area contributed by atoms with E-state index in [1.807, 2.05) is 19.1 Å². The van der Waals surface area contributed by atoms with Gasteiger partial charge in [-0.3, -0.25) is 0 Å². The number of aryl methyl sites for hydroxylation is 1. The number of hydrogen-bond donors (Lipinski definition) is 0. The molecule has 14 heavy (non-hydrogen) atoms. The second kappa shape index (κ2) is 5.15. The van der Waals surface area contributed by atoms with Gasteiger partial charge in [0.15, 0.2) is 4.74 Å². The molecule has 0 aromatic heterocycles. The normalized spacial score (nSPS) is 11.6. The quantitative estimate of drug-likeness (QED) is 0.799. The molecule has 0 N–H and O–H groups in total. The van der Waals surface area contributed by atoms with Gasteiger partial charge in [0.1, 0.15) is 5.75 Å². The second-order valence-corrected chi connectivity index (χ2v) is 3.66. The van der Waals surface area contributed by atoms with Crippen LogP contribution in [0, 0.1) is 0 Å². The van der Waals surface area contributed by atoms with Crippen LogP contribution in [-0.2, 0) is 6.42 Å². The van der Waals surface area contributed by atoms with Gasteiger partial charge < -0.3 is 4.74 Å². The largest absolute Gasteiger partial charge is 0.497 e. The lowest BCUT2D eigenvalue weighted by atomic mass is 10.1. The Balaban J connectivity index is 3.10. The average Bonchev–Trinajstić information content (AvgIpc) is 2.16. The summed E-state index contributed by atoms with van der Waals surface area (Å²) in [5.41, 5.74) is 1.93. The molecular weight excluding hydrogens is 247 g/mol. The number of halogens is 2. The molecule has 0 radical (unpaired) electrons. The molecule has 1 nitrogen and oxygen atoms in total. The third kappa shape index (κ3) is 3.14. The minimum absolute atomic E-state index is 0.382. The third-order valence-electron chi connectivity index (χ3n) is 1.91. The van der Waals surface area contributed by atoms with Crippen LogP contribution in [0.25, 0.3) is 6.08 Å². The van der Waals surface area contributed by atoms with E-state index in [0.717, 1.165) is 23.3 Å². The van der Waals surface area contributed by atoms with Crippen LogP contribution in [-0.4, -0.2) is 7.11 Å². The van der Waals surface area contributed by atoms with E-state index in [1.165, 1.54) is 6.08 Å². The molecule has 0 atom stereocenters. The van der Waals surface area contributed by atoms with Gasteiger partial charge in [0, 0.05) is 0 Å². The van der Waals surface area contributed by atoms with Crippen molar-refractivity contribution < 1.29 is 9.13 Å². The lowest BCUT2D eigenvalue weighted by molar-refractivity contribution is 0.414. The first-order valence-electron chi connectivity index (χ1n) is 4.36. The van der Waals surface area contributed by atoms with Crippen LogP contribution in [0.2, 0.25) is 0 Å². The topological polar surface area (TPSA) is 9.23 Å². The number of benzene rings is 1. The number of rotatable bonds is 3. The van der Waals surface area contributed by atoms with Crippen LogP contribution in [0.4, 0.5) is 4.39 Å². The van der Waals surface area contributed by atoms with E-state index in [1.54, 1.807) is 13.2 Å². The summed E-state index contributed by atoms with van der Waals surface area (Å²) in [5, 5.41) is 0. The van der Waals surface area contributed by atoms with E-state index in [-0.39, 0.29) is 4.74 Å². The Morgan fingerprint density at radius 1 is 1.50 bits per heavy atom. The van der Waals surface area contributed by atoms with Crippen molar-refractivity contribution in [2.24, 2.45) is 0 Å². The number of ether oxygens (including phenoxy) is 1. The Hall–Kier alpha value is -0.830. The average molecular weight is 259 g/mol. The molecule has 0 amide bonds. The van der Waals surface area contributed by atoms with Gasteiger partial charge in [0.2, 0.25) is 0 Å². The third-order valence-corrected chi connectivity index (χ3v) is 2.14. The first kappa shape index (κ1) is 11.2. The SMILES string of the molecule is CCc1cc(/C=C(\F)Br)cc(OC)c1. The molecule has 0 spiro atoms.